The standard InChI is InChI=1S/C16H21FN2O/c1-11-8-12(10-16(2,3)9-11)18-19-15(20)13-6-4-5-7-14(13)17/h4-7,11H,8-10H2,1-3H3,(H,19,20)/b18-12-/t11-/m1/s1. The van der Waals surface area contributed by atoms with Gasteiger partial charge in [0, 0.05) is 5.71 Å². The molecule has 3 nitrogen and oxygen atoms in total. The zero-order valence-electron chi connectivity index (χ0n) is 12.2. The molecule has 0 radical (unpaired) electrons. The smallest absolute Gasteiger partial charge is 0.267 e. The van der Waals surface area contributed by atoms with Crippen molar-refractivity contribution >= 4 is 11.6 Å². The average molecular weight is 276 g/mol. The highest BCUT2D eigenvalue weighted by Gasteiger charge is 2.29. The Hall–Kier alpha value is -1.71. The summed E-state index contributed by atoms with van der Waals surface area (Å²) in [5, 5.41) is 4.20. The van der Waals surface area contributed by atoms with E-state index in [1.807, 2.05) is 0 Å². The van der Waals surface area contributed by atoms with Crippen LogP contribution < -0.4 is 5.43 Å². The number of hydrogen-bond donors (Lipinski definition) is 1. The number of carbonyl (C=O) groups excluding carboxylic acids is 1. The van der Waals surface area contributed by atoms with Crippen LogP contribution >= 0.6 is 0 Å². The number of carbonyl (C=O) groups is 1. The van der Waals surface area contributed by atoms with Crippen molar-refractivity contribution in [1.29, 1.82) is 0 Å². The maximum absolute atomic E-state index is 13.5. The van der Waals surface area contributed by atoms with Crippen LogP contribution in [-0.4, -0.2) is 11.6 Å². The molecule has 0 bridgehead atoms. The molecule has 2 rings (SSSR count). The molecule has 1 aromatic rings. The lowest BCUT2D eigenvalue weighted by molar-refractivity contribution is 0.0950. The van der Waals surface area contributed by atoms with Gasteiger partial charge in [0.2, 0.25) is 0 Å². The van der Waals surface area contributed by atoms with Crippen molar-refractivity contribution in [2.75, 3.05) is 0 Å². The number of nitrogens with one attached hydrogen (secondary N) is 1. The normalized spacial score (nSPS) is 23.6. The fourth-order valence-electron chi connectivity index (χ4n) is 3.04. The molecule has 1 atom stereocenters. The van der Waals surface area contributed by atoms with Crippen molar-refractivity contribution in [2.24, 2.45) is 16.4 Å². The second-order valence-electron chi connectivity index (χ2n) is 6.45. The fourth-order valence-corrected chi connectivity index (χ4v) is 3.04. The predicted octanol–water partition coefficient (Wildman–Crippen LogP) is 3.76. The zero-order valence-corrected chi connectivity index (χ0v) is 12.2. The van der Waals surface area contributed by atoms with Gasteiger partial charge < -0.3 is 0 Å². The maximum Gasteiger partial charge on any atom is 0.274 e. The van der Waals surface area contributed by atoms with E-state index in [1.54, 1.807) is 12.1 Å². The Morgan fingerprint density at radius 3 is 2.75 bits per heavy atom. The summed E-state index contributed by atoms with van der Waals surface area (Å²) in [6, 6.07) is 5.92. The van der Waals surface area contributed by atoms with Crippen molar-refractivity contribution in [3.05, 3.63) is 35.6 Å². The van der Waals surface area contributed by atoms with Crippen LogP contribution in [0.5, 0.6) is 0 Å². The van der Waals surface area contributed by atoms with Gasteiger partial charge in [-0.2, -0.15) is 5.10 Å². The molecule has 1 aliphatic rings. The van der Waals surface area contributed by atoms with Gasteiger partial charge in [0.05, 0.1) is 5.56 Å². The molecule has 1 aliphatic carbocycles. The maximum atomic E-state index is 13.5. The Labute approximate surface area is 119 Å². The first-order valence-corrected chi connectivity index (χ1v) is 6.98. The lowest BCUT2D eigenvalue weighted by Gasteiger charge is -2.34. The van der Waals surface area contributed by atoms with E-state index in [9.17, 15) is 9.18 Å². The summed E-state index contributed by atoms with van der Waals surface area (Å²) >= 11 is 0. The van der Waals surface area contributed by atoms with E-state index in [4.69, 9.17) is 0 Å². The van der Waals surface area contributed by atoms with E-state index in [2.05, 4.69) is 31.3 Å². The van der Waals surface area contributed by atoms with Gasteiger partial charge in [-0.3, -0.25) is 4.79 Å². The van der Waals surface area contributed by atoms with Gasteiger partial charge in [0.25, 0.3) is 5.91 Å². The summed E-state index contributed by atoms with van der Waals surface area (Å²) in [6.07, 6.45) is 2.92. The van der Waals surface area contributed by atoms with Gasteiger partial charge in [-0.25, -0.2) is 9.82 Å². The van der Waals surface area contributed by atoms with E-state index >= 15 is 0 Å². The molecule has 1 amide bonds. The zero-order chi connectivity index (χ0) is 14.8. The van der Waals surface area contributed by atoms with Crippen LogP contribution in [0.1, 0.15) is 50.4 Å². The molecule has 1 saturated carbocycles. The third-order valence-corrected chi connectivity index (χ3v) is 3.60. The van der Waals surface area contributed by atoms with E-state index in [1.165, 1.54) is 12.1 Å². The first-order chi connectivity index (χ1) is 9.37. The van der Waals surface area contributed by atoms with Gasteiger partial charge in [0.1, 0.15) is 5.82 Å². The molecular weight excluding hydrogens is 255 g/mol. The van der Waals surface area contributed by atoms with Crippen LogP contribution in [0.15, 0.2) is 29.4 Å². The minimum absolute atomic E-state index is 0.0277. The summed E-state index contributed by atoms with van der Waals surface area (Å²) < 4.78 is 13.5. The van der Waals surface area contributed by atoms with E-state index < -0.39 is 11.7 Å². The largest absolute Gasteiger partial charge is 0.274 e. The average Bonchev–Trinajstić information content (AvgIpc) is 2.34. The number of nitrogens with zero attached hydrogens (tertiary/aromatic N) is 1. The molecule has 0 saturated heterocycles. The van der Waals surface area contributed by atoms with Crippen LogP contribution in [0.4, 0.5) is 4.39 Å². The van der Waals surface area contributed by atoms with Crippen molar-refractivity contribution in [3.63, 3.8) is 0 Å². The summed E-state index contributed by atoms with van der Waals surface area (Å²) in [6.45, 7) is 6.60. The quantitative estimate of drug-likeness (QED) is 0.821. The van der Waals surface area contributed by atoms with Crippen LogP contribution in [0.25, 0.3) is 0 Å². The van der Waals surface area contributed by atoms with Crippen molar-refractivity contribution in [2.45, 2.75) is 40.0 Å². The highest BCUT2D eigenvalue weighted by atomic mass is 19.1. The number of benzene rings is 1. The number of halogens is 1. The number of amides is 1. The third kappa shape index (κ3) is 3.65. The SMILES string of the molecule is C[C@@H]1C/C(=N/NC(=O)c2ccccc2F)CC(C)(C)C1. The Morgan fingerprint density at radius 1 is 1.40 bits per heavy atom. The minimum atomic E-state index is -0.525. The Morgan fingerprint density at radius 2 is 2.10 bits per heavy atom. The summed E-state index contributed by atoms with van der Waals surface area (Å²) in [5.74, 6) is -0.461. The van der Waals surface area contributed by atoms with Crippen molar-refractivity contribution in [1.82, 2.24) is 5.43 Å². The molecule has 1 aromatic carbocycles. The number of hydrazone groups is 1. The Kier molecular flexibility index (Phi) is 4.21. The van der Waals surface area contributed by atoms with Gasteiger partial charge in [-0.1, -0.05) is 32.9 Å². The molecule has 0 aliphatic heterocycles. The highest BCUT2D eigenvalue weighted by molar-refractivity contribution is 5.95. The van der Waals surface area contributed by atoms with Gasteiger partial charge in [-0.15, -0.1) is 0 Å². The second kappa shape index (κ2) is 5.73. The Bertz CT molecular complexity index is 537. The third-order valence-electron chi connectivity index (χ3n) is 3.60. The molecule has 0 unspecified atom stereocenters. The first-order valence-electron chi connectivity index (χ1n) is 6.98. The lowest BCUT2D eigenvalue weighted by atomic mass is 9.72. The molecule has 1 fully saturated rings. The molecule has 0 spiro atoms. The molecule has 20 heavy (non-hydrogen) atoms. The van der Waals surface area contributed by atoms with Gasteiger partial charge in [-0.05, 0) is 42.7 Å². The monoisotopic (exact) mass is 276 g/mol. The number of rotatable bonds is 2. The molecule has 0 heterocycles. The second-order valence-corrected chi connectivity index (χ2v) is 6.45. The first kappa shape index (κ1) is 14.7. The minimum Gasteiger partial charge on any atom is -0.267 e. The highest BCUT2D eigenvalue weighted by Crippen LogP contribution is 2.36. The van der Waals surface area contributed by atoms with Gasteiger partial charge in [0.15, 0.2) is 0 Å². The van der Waals surface area contributed by atoms with E-state index in [0.717, 1.165) is 25.0 Å². The van der Waals surface area contributed by atoms with E-state index in [-0.39, 0.29) is 11.0 Å². The van der Waals surface area contributed by atoms with Crippen LogP contribution in [0.3, 0.4) is 0 Å². The topological polar surface area (TPSA) is 41.5 Å². The van der Waals surface area contributed by atoms with Gasteiger partial charge >= 0.3 is 0 Å². The summed E-state index contributed by atoms with van der Waals surface area (Å²) in [5.41, 5.74) is 3.70. The van der Waals surface area contributed by atoms with Crippen molar-refractivity contribution in [3.8, 4) is 0 Å². The molecular formula is C16H21FN2O. The molecule has 4 heteroatoms. The Balaban J connectivity index is 2.06. The lowest BCUT2D eigenvalue weighted by Crippen LogP contribution is -2.30. The number of hydrogen-bond acceptors (Lipinski definition) is 2. The van der Waals surface area contributed by atoms with E-state index in [0.29, 0.717) is 5.92 Å². The molecule has 108 valence electrons. The summed E-state index contributed by atoms with van der Waals surface area (Å²) in [7, 11) is 0. The summed E-state index contributed by atoms with van der Waals surface area (Å²) in [4.78, 5) is 11.9. The van der Waals surface area contributed by atoms with Crippen LogP contribution in [0.2, 0.25) is 0 Å². The van der Waals surface area contributed by atoms with Crippen LogP contribution in [-0.2, 0) is 0 Å². The molecule has 1 N–H and O–H groups in total. The van der Waals surface area contributed by atoms with Crippen molar-refractivity contribution < 1.29 is 9.18 Å². The fraction of sp³-hybridized carbons (Fsp3) is 0.500. The molecule has 0 aromatic heterocycles. The predicted molar refractivity (Wildman–Crippen MR) is 78.1 cm³/mol. The van der Waals surface area contributed by atoms with Crippen LogP contribution in [0, 0.1) is 17.2 Å².